The van der Waals surface area contributed by atoms with Crippen molar-refractivity contribution in [3.05, 3.63) is 70.8 Å². The minimum absolute atomic E-state index is 0.108. The quantitative estimate of drug-likeness (QED) is 0.522. The molecule has 0 fully saturated rings. The third-order valence-corrected chi connectivity index (χ3v) is 4.27. The highest BCUT2D eigenvalue weighted by Gasteiger charge is 2.16. The number of carbonyl (C=O) groups is 2. The molecule has 134 valence electrons. The number of rotatable bonds is 7. The van der Waals surface area contributed by atoms with E-state index in [2.05, 4.69) is 27.8 Å². The molecule has 2 aromatic carbocycles. The predicted octanol–water partition coefficient (Wildman–Crippen LogP) is 1.58. The molecule has 1 aliphatic rings. The van der Waals surface area contributed by atoms with Gasteiger partial charge in [-0.2, -0.15) is 0 Å². The zero-order valence-electron chi connectivity index (χ0n) is 14.5. The molecule has 2 amide bonds. The second-order valence-electron chi connectivity index (χ2n) is 6.06. The predicted molar refractivity (Wildman–Crippen MR) is 101 cm³/mol. The number of hydrogen-bond donors (Lipinski definition) is 3. The fraction of sp³-hybridized carbons (Fsp3) is 0.250. The summed E-state index contributed by atoms with van der Waals surface area (Å²) in [5.74, 6) is -0.256. The summed E-state index contributed by atoms with van der Waals surface area (Å²) >= 11 is 0. The number of nitrogens with two attached hydrogens (primary N) is 1. The van der Waals surface area contributed by atoms with Crippen LogP contribution < -0.4 is 16.4 Å². The topological polar surface area (TPSA) is 96.6 Å². The van der Waals surface area contributed by atoms with Crippen LogP contribution in [0.2, 0.25) is 0 Å². The molecule has 26 heavy (non-hydrogen) atoms. The summed E-state index contributed by atoms with van der Waals surface area (Å²) in [7, 11) is 0. The van der Waals surface area contributed by atoms with E-state index in [4.69, 9.17) is 5.73 Å². The second-order valence-corrected chi connectivity index (χ2v) is 6.06. The van der Waals surface area contributed by atoms with Gasteiger partial charge in [0.05, 0.1) is 18.9 Å². The molecule has 2 aromatic rings. The van der Waals surface area contributed by atoms with Crippen LogP contribution in [0, 0.1) is 0 Å². The van der Waals surface area contributed by atoms with Crippen LogP contribution in [0.1, 0.15) is 39.9 Å². The Bertz CT molecular complexity index is 828. The molecule has 0 saturated carbocycles. The Balaban J connectivity index is 1.55. The Morgan fingerprint density at radius 2 is 1.81 bits per heavy atom. The number of aliphatic imine (C=N–C) groups is 1. The minimum atomic E-state index is -0.149. The molecule has 0 aliphatic carbocycles. The van der Waals surface area contributed by atoms with Crippen molar-refractivity contribution in [3.8, 4) is 0 Å². The van der Waals surface area contributed by atoms with Gasteiger partial charge in [0.15, 0.2) is 0 Å². The number of hydrogen-bond acceptors (Lipinski definition) is 4. The zero-order valence-corrected chi connectivity index (χ0v) is 14.5. The lowest BCUT2D eigenvalue weighted by Gasteiger charge is -2.07. The third-order valence-electron chi connectivity index (χ3n) is 4.27. The first-order valence-electron chi connectivity index (χ1n) is 8.67. The fourth-order valence-corrected chi connectivity index (χ4v) is 2.92. The maximum absolute atomic E-state index is 12.2. The number of nitrogens with zero attached hydrogens (tertiary/aromatic N) is 1. The van der Waals surface area contributed by atoms with Gasteiger partial charge in [0.2, 0.25) is 5.91 Å². The summed E-state index contributed by atoms with van der Waals surface area (Å²) in [5.41, 5.74) is 10.2. The van der Waals surface area contributed by atoms with Crippen LogP contribution in [-0.4, -0.2) is 30.7 Å². The average molecular weight is 350 g/mol. The van der Waals surface area contributed by atoms with E-state index < -0.39 is 0 Å². The molecule has 0 unspecified atom stereocenters. The van der Waals surface area contributed by atoms with Crippen LogP contribution in [-0.2, 0) is 11.3 Å². The molecule has 0 atom stereocenters. The smallest absolute Gasteiger partial charge is 0.251 e. The van der Waals surface area contributed by atoms with Crippen molar-refractivity contribution < 1.29 is 9.59 Å². The molecular weight excluding hydrogens is 328 g/mol. The normalized spacial score (nSPS) is 12.3. The Labute approximate surface area is 152 Å². The van der Waals surface area contributed by atoms with Gasteiger partial charge in [-0.05, 0) is 24.1 Å². The largest absolute Gasteiger partial charge is 0.352 e. The van der Waals surface area contributed by atoms with Crippen LogP contribution in [0.5, 0.6) is 0 Å². The number of carbonyl (C=O) groups excluding carboxylic acids is 2. The van der Waals surface area contributed by atoms with Crippen LogP contribution in [0.3, 0.4) is 0 Å². The van der Waals surface area contributed by atoms with Crippen molar-refractivity contribution in [2.24, 2.45) is 10.7 Å². The van der Waals surface area contributed by atoms with Crippen molar-refractivity contribution >= 4 is 17.5 Å². The van der Waals surface area contributed by atoms with E-state index in [1.54, 1.807) is 12.1 Å². The molecule has 0 saturated heterocycles. The Hall–Kier alpha value is -2.99. The summed E-state index contributed by atoms with van der Waals surface area (Å²) in [5, 5.41) is 5.34. The summed E-state index contributed by atoms with van der Waals surface area (Å²) in [6.07, 6.45) is 0.916. The number of amides is 2. The van der Waals surface area contributed by atoms with E-state index in [0.29, 0.717) is 31.5 Å². The van der Waals surface area contributed by atoms with Crippen LogP contribution in [0.4, 0.5) is 0 Å². The van der Waals surface area contributed by atoms with Gasteiger partial charge in [-0.1, -0.05) is 36.4 Å². The molecule has 0 radical (unpaired) electrons. The van der Waals surface area contributed by atoms with Gasteiger partial charge in [0.1, 0.15) is 0 Å². The monoisotopic (exact) mass is 350 g/mol. The molecule has 1 aliphatic heterocycles. The first kappa shape index (κ1) is 17.8. The van der Waals surface area contributed by atoms with Gasteiger partial charge in [0.25, 0.3) is 5.91 Å². The summed E-state index contributed by atoms with van der Waals surface area (Å²) < 4.78 is 0. The van der Waals surface area contributed by atoms with E-state index in [1.807, 2.05) is 24.3 Å². The number of benzene rings is 2. The Morgan fingerprint density at radius 3 is 2.58 bits per heavy atom. The summed E-state index contributed by atoms with van der Waals surface area (Å²) in [4.78, 5) is 28.1. The van der Waals surface area contributed by atoms with E-state index in [-0.39, 0.29) is 18.5 Å². The maximum Gasteiger partial charge on any atom is 0.251 e. The van der Waals surface area contributed by atoms with Crippen molar-refractivity contribution in [3.63, 3.8) is 0 Å². The molecule has 0 spiro atoms. The summed E-state index contributed by atoms with van der Waals surface area (Å²) in [6.45, 7) is 1.28. The Kier molecular flexibility index (Phi) is 5.76. The zero-order chi connectivity index (χ0) is 18.4. The second kappa shape index (κ2) is 8.40. The van der Waals surface area contributed by atoms with E-state index in [0.717, 1.165) is 16.8 Å². The van der Waals surface area contributed by atoms with Gasteiger partial charge in [-0.3, -0.25) is 14.6 Å². The van der Waals surface area contributed by atoms with Gasteiger partial charge < -0.3 is 16.4 Å². The van der Waals surface area contributed by atoms with Crippen molar-refractivity contribution in [1.29, 1.82) is 0 Å². The third kappa shape index (κ3) is 4.15. The highest BCUT2D eigenvalue weighted by atomic mass is 16.2. The van der Waals surface area contributed by atoms with E-state index in [1.165, 1.54) is 5.56 Å². The van der Waals surface area contributed by atoms with Crippen LogP contribution >= 0.6 is 0 Å². The first-order chi connectivity index (χ1) is 12.7. The maximum atomic E-state index is 12.2. The van der Waals surface area contributed by atoms with Crippen molar-refractivity contribution in [2.75, 3.05) is 13.2 Å². The van der Waals surface area contributed by atoms with Gasteiger partial charge >= 0.3 is 0 Å². The van der Waals surface area contributed by atoms with Crippen LogP contribution in [0.25, 0.3) is 0 Å². The average Bonchev–Trinajstić information content (AvgIpc) is 3.09. The highest BCUT2D eigenvalue weighted by molar-refractivity contribution is 6.15. The molecule has 6 heteroatoms. The molecular formula is C20H22N4O2. The molecule has 4 N–H and O–H groups in total. The molecule has 0 bridgehead atoms. The number of fused-ring (bicyclic) bond motifs is 1. The standard InChI is InChI=1S/C20H22N4O2/c21-13-24-18(25)6-3-11-22-20(26)15-9-7-14(8-10-15)19-17-5-2-1-4-16(17)12-23-19/h1-2,4-5,7-10H,3,6,11-13,21H2,(H,22,26)(H,24,25). The lowest BCUT2D eigenvalue weighted by molar-refractivity contribution is -0.121. The minimum Gasteiger partial charge on any atom is -0.352 e. The highest BCUT2D eigenvalue weighted by Crippen LogP contribution is 2.22. The first-order valence-corrected chi connectivity index (χ1v) is 8.67. The Morgan fingerprint density at radius 1 is 1.04 bits per heavy atom. The fourth-order valence-electron chi connectivity index (χ4n) is 2.92. The summed E-state index contributed by atoms with van der Waals surface area (Å²) in [6, 6.07) is 15.6. The van der Waals surface area contributed by atoms with E-state index in [9.17, 15) is 9.59 Å². The SMILES string of the molecule is NCNC(=O)CCCNC(=O)c1ccc(C2=NCc3ccccc32)cc1. The van der Waals surface area contributed by atoms with E-state index >= 15 is 0 Å². The molecule has 0 aromatic heterocycles. The lowest BCUT2D eigenvalue weighted by atomic mass is 9.99. The lowest BCUT2D eigenvalue weighted by Crippen LogP contribution is -2.30. The van der Waals surface area contributed by atoms with Gasteiger partial charge in [0, 0.05) is 29.7 Å². The van der Waals surface area contributed by atoms with Crippen LogP contribution in [0.15, 0.2) is 53.5 Å². The number of nitrogens with one attached hydrogen (secondary N) is 2. The molecule has 1 heterocycles. The molecule has 6 nitrogen and oxygen atoms in total. The van der Waals surface area contributed by atoms with Gasteiger partial charge in [-0.15, -0.1) is 0 Å². The van der Waals surface area contributed by atoms with Gasteiger partial charge in [-0.25, -0.2) is 0 Å². The molecule has 3 rings (SSSR count). The van der Waals surface area contributed by atoms with Crippen molar-refractivity contribution in [1.82, 2.24) is 10.6 Å². The van der Waals surface area contributed by atoms with Crippen molar-refractivity contribution in [2.45, 2.75) is 19.4 Å².